The zero-order valence-corrected chi connectivity index (χ0v) is 16.6. The van der Waals surface area contributed by atoms with Crippen LogP contribution in [0.4, 0.5) is 0 Å². The predicted molar refractivity (Wildman–Crippen MR) is 100 cm³/mol. The number of hydrogen-bond donors (Lipinski definition) is 2. The molecule has 8 heteroatoms. The summed E-state index contributed by atoms with van der Waals surface area (Å²) in [5.41, 5.74) is -0.634. The average Bonchev–Trinajstić information content (AvgIpc) is 2.72. The van der Waals surface area contributed by atoms with Gasteiger partial charge in [0.25, 0.3) is 0 Å². The molecule has 0 fully saturated rings. The van der Waals surface area contributed by atoms with Gasteiger partial charge >= 0.3 is 0 Å². The van der Waals surface area contributed by atoms with Gasteiger partial charge in [-0.3, -0.25) is 0 Å². The molecule has 1 aromatic rings. The molecule has 0 radical (unpaired) electrons. The zero-order valence-electron chi connectivity index (χ0n) is 16.6. The summed E-state index contributed by atoms with van der Waals surface area (Å²) in [4.78, 5) is 0. The molecule has 154 valence electrons. The second-order valence-electron chi connectivity index (χ2n) is 6.64. The maximum Gasteiger partial charge on any atom is 0.207 e. The Labute approximate surface area is 163 Å². The fraction of sp³-hybridized carbons (Fsp3) is 0.500. The van der Waals surface area contributed by atoms with Gasteiger partial charge in [0.2, 0.25) is 11.5 Å². The molecule has 0 bridgehead atoms. The summed E-state index contributed by atoms with van der Waals surface area (Å²) in [6.45, 7) is 0.206. The van der Waals surface area contributed by atoms with Crippen molar-refractivity contribution in [3.8, 4) is 23.0 Å². The summed E-state index contributed by atoms with van der Waals surface area (Å²) >= 11 is 0. The van der Waals surface area contributed by atoms with Crippen LogP contribution in [-0.2, 0) is 15.9 Å². The number of ether oxygens (including phenoxy) is 6. The number of allylic oxidation sites excluding steroid dienone is 1. The molecule has 1 aliphatic heterocycles. The highest BCUT2D eigenvalue weighted by atomic mass is 16.6. The van der Waals surface area contributed by atoms with E-state index in [1.165, 1.54) is 40.6 Å². The second-order valence-corrected chi connectivity index (χ2v) is 6.64. The first-order valence-corrected chi connectivity index (χ1v) is 8.81. The SMILES string of the molecule is COC1=C(O)C=CC(O)([C@@H]2COc3c(cc(OC)c(OC)c3OC)C2)C1OC. The van der Waals surface area contributed by atoms with E-state index in [4.69, 9.17) is 28.4 Å². The van der Waals surface area contributed by atoms with Gasteiger partial charge in [0.05, 0.1) is 35.0 Å². The second kappa shape index (κ2) is 7.81. The lowest BCUT2D eigenvalue weighted by Crippen LogP contribution is -2.54. The van der Waals surface area contributed by atoms with Gasteiger partial charge in [0.1, 0.15) is 5.60 Å². The Morgan fingerprint density at radius 2 is 1.75 bits per heavy atom. The molecule has 0 saturated heterocycles. The number of aliphatic hydroxyl groups excluding tert-OH is 1. The summed E-state index contributed by atoms with van der Waals surface area (Å²) in [6.07, 6.45) is 2.53. The number of methoxy groups -OCH3 is 5. The summed E-state index contributed by atoms with van der Waals surface area (Å²) in [5, 5.41) is 21.5. The molecule has 1 aromatic carbocycles. The first-order chi connectivity index (χ1) is 13.4. The van der Waals surface area contributed by atoms with Crippen molar-refractivity contribution in [2.75, 3.05) is 42.2 Å². The maximum atomic E-state index is 11.5. The Morgan fingerprint density at radius 1 is 1.04 bits per heavy atom. The van der Waals surface area contributed by atoms with Crippen LogP contribution in [-0.4, -0.2) is 64.1 Å². The molecule has 3 rings (SSSR count). The third-order valence-corrected chi connectivity index (χ3v) is 5.28. The molecule has 2 aliphatic rings. The van der Waals surface area contributed by atoms with Crippen LogP contribution in [0.5, 0.6) is 23.0 Å². The fourth-order valence-electron chi connectivity index (χ4n) is 3.88. The van der Waals surface area contributed by atoms with Crippen molar-refractivity contribution in [1.82, 2.24) is 0 Å². The standard InChI is InChI=1S/C20H26O8/c1-23-14-9-11-8-12(10-28-15(11)18(26-4)17(14)25-3)20(22)7-6-13(21)16(24-2)19(20)27-5/h6-7,9,12,19,21-22H,8,10H2,1-5H3/t12-,19?,20?/m0/s1. The first kappa shape index (κ1) is 20.2. The van der Waals surface area contributed by atoms with E-state index in [-0.39, 0.29) is 24.0 Å². The van der Waals surface area contributed by atoms with E-state index in [1.54, 1.807) is 7.11 Å². The van der Waals surface area contributed by atoms with Crippen molar-refractivity contribution in [3.63, 3.8) is 0 Å². The lowest BCUT2D eigenvalue weighted by atomic mass is 9.75. The molecule has 3 atom stereocenters. The van der Waals surface area contributed by atoms with E-state index >= 15 is 0 Å². The molecule has 8 nitrogen and oxygen atoms in total. The molecule has 0 amide bonds. The van der Waals surface area contributed by atoms with Crippen molar-refractivity contribution < 1.29 is 38.6 Å². The molecule has 0 spiro atoms. The molecule has 28 heavy (non-hydrogen) atoms. The summed E-state index contributed by atoms with van der Waals surface area (Å²) in [5.74, 6) is 1.67. The molecule has 1 heterocycles. The third-order valence-electron chi connectivity index (χ3n) is 5.28. The monoisotopic (exact) mass is 394 g/mol. The Bertz CT molecular complexity index is 800. The van der Waals surface area contributed by atoms with Crippen molar-refractivity contribution in [1.29, 1.82) is 0 Å². The Hall–Kier alpha value is -2.58. The molecule has 2 N–H and O–H groups in total. The van der Waals surface area contributed by atoms with Gasteiger partial charge in [-0.15, -0.1) is 0 Å². The highest BCUT2D eigenvalue weighted by Gasteiger charge is 2.49. The summed E-state index contributed by atoms with van der Waals surface area (Å²) in [6, 6.07) is 1.81. The van der Waals surface area contributed by atoms with Crippen LogP contribution in [0.15, 0.2) is 29.7 Å². The van der Waals surface area contributed by atoms with Crippen LogP contribution >= 0.6 is 0 Å². The number of hydrogen-bond acceptors (Lipinski definition) is 8. The van der Waals surface area contributed by atoms with E-state index in [1.807, 2.05) is 6.07 Å². The molecule has 0 saturated carbocycles. The summed E-state index contributed by atoms with van der Waals surface area (Å²) < 4.78 is 33.0. The normalized spacial score (nSPS) is 26.4. The van der Waals surface area contributed by atoms with Gasteiger partial charge < -0.3 is 38.6 Å². The number of benzene rings is 1. The van der Waals surface area contributed by atoms with Crippen LogP contribution in [0.1, 0.15) is 5.56 Å². The molecular formula is C20H26O8. The minimum absolute atomic E-state index is 0.0794. The first-order valence-electron chi connectivity index (χ1n) is 8.81. The molecular weight excluding hydrogens is 368 g/mol. The largest absolute Gasteiger partial charge is 0.504 e. The number of aliphatic hydroxyl groups is 2. The lowest BCUT2D eigenvalue weighted by molar-refractivity contribution is -0.111. The van der Waals surface area contributed by atoms with Crippen molar-refractivity contribution >= 4 is 0 Å². The summed E-state index contributed by atoms with van der Waals surface area (Å²) in [7, 11) is 7.48. The highest BCUT2D eigenvalue weighted by Crippen LogP contribution is 2.50. The lowest BCUT2D eigenvalue weighted by Gasteiger charge is -2.43. The van der Waals surface area contributed by atoms with Crippen molar-refractivity contribution in [2.45, 2.75) is 18.1 Å². The Kier molecular flexibility index (Phi) is 5.62. The van der Waals surface area contributed by atoms with Crippen molar-refractivity contribution in [3.05, 3.63) is 35.3 Å². The van der Waals surface area contributed by atoms with Gasteiger partial charge in [0, 0.05) is 18.6 Å². The van der Waals surface area contributed by atoms with Gasteiger partial charge in [-0.2, -0.15) is 0 Å². The Balaban J connectivity index is 2.01. The van der Waals surface area contributed by atoms with Crippen LogP contribution in [0.25, 0.3) is 0 Å². The molecule has 0 aromatic heterocycles. The molecule has 1 aliphatic carbocycles. The Morgan fingerprint density at radius 3 is 2.32 bits per heavy atom. The topological polar surface area (TPSA) is 95.8 Å². The van der Waals surface area contributed by atoms with Crippen LogP contribution < -0.4 is 18.9 Å². The average molecular weight is 394 g/mol. The fourth-order valence-corrected chi connectivity index (χ4v) is 3.88. The van der Waals surface area contributed by atoms with E-state index in [2.05, 4.69) is 0 Å². The number of rotatable bonds is 6. The van der Waals surface area contributed by atoms with Gasteiger partial charge in [-0.1, -0.05) is 0 Å². The van der Waals surface area contributed by atoms with Crippen LogP contribution in [0, 0.1) is 5.92 Å². The zero-order chi connectivity index (χ0) is 20.5. The third kappa shape index (κ3) is 3.02. The molecule has 2 unspecified atom stereocenters. The predicted octanol–water partition coefficient (Wildman–Crippen LogP) is 2.00. The minimum atomic E-state index is -1.44. The van der Waals surface area contributed by atoms with Gasteiger partial charge in [-0.05, 0) is 24.6 Å². The van der Waals surface area contributed by atoms with E-state index in [0.717, 1.165) is 5.56 Å². The quantitative estimate of drug-likeness (QED) is 0.756. The smallest absolute Gasteiger partial charge is 0.207 e. The van der Waals surface area contributed by atoms with E-state index in [9.17, 15) is 10.2 Å². The highest BCUT2D eigenvalue weighted by molar-refractivity contribution is 5.63. The van der Waals surface area contributed by atoms with E-state index in [0.29, 0.717) is 29.4 Å². The van der Waals surface area contributed by atoms with Crippen molar-refractivity contribution in [2.24, 2.45) is 5.92 Å². The minimum Gasteiger partial charge on any atom is -0.504 e. The van der Waals surface area contributed by atoms with Gasteiger partial charge in [0.15, 0.2) is 29.1 Å². The van der Waals surface area contributed by atoms with Crippen LogP contribution in [0.3, 0.4) is 0 Å². The van der Waals surface area contributed by atoms with E-state index < -0.39 is 11.7 Å². The number of fused-ring (bicyclic) bond motifs is 1. The van der Waals surface area contributed by atoms with Gasteiger partial charge in [-0.25, -0.2) is 0 Å². The maximum absolute atomic E-state index is 11.5. The van der Waals surface area contributed by atoms with Crippen LogP contribution in [0.2, 0.25) is 0 Å².